The lowest BCUT2D eigenvalue weighted by Crippen LogP contribution is -2.33. The highest BCUT2D eigenvalue weighted by Gasteiger charge is 2.31. The Balaban J connectivity index is 1.89. The molecule has 0 spiro atoms. The SMILES string of the molecule is CCCCN(O)C(=O)Nc1cc(C2CCC(c3cc(OC)c(OC)c(OC)c3)O2)cc(OC)c1OCCSOC. The van der Waals surface area contributed by atoms with Crippen molar-refractivity contribution in [1.29, 1.82) is 0 Å². The molecular weight excluding hydrogens is 540 g/mol. The van der Waals surface area contributed by atoms with Gasteiger partial charge in [-0.2, -0.15) is 0 Å². The van der Waals surface area contributed by atoms with Gasteiger partial charge < -0.3 is 37.9 Å². The minimum Gasteiger partial charge on any atom is -0.493 e. The number of carbonyl (C=O) groups is 1. The van der Waals surface area contributed by atoms with Crippen molar-refractivity contribution in [3.05, 3.63) is 35.4 Å². The lowest BCUT2D eigenvalue weighted by atomic mass is 10.0. The number of hydrogen-bond acceptors (Lipinski definition) is 10. The van der Waals surface area contributed by atoms with E-state index in [0.29, 0.717) is 58.3 Å². The van der Waals surface area contributed by atoms with Gasteiger partial charge in [0.1, 0.15) is 0 Å². The normalized spacial score (nSPS) is 16.4. The van der Waals surface area contributed by atoms with Gasteiger partial charge in [-0.05, 0) is 66.7 Å². The van der Waals surface area contributed by atoms with Crippen molar-refractivity contribution >= 4 is 23.8 Å². The van der Waals surface area contributed by atoms with Crippen LogP contribution in [0.25, 0.3) is 0 Å². The molecule has 1 heterocycles. The number of nitrogens with zero attached hydrogens (tertiary/aromatic N) is 1. The van der Waals surface area contributed by atoms with Crippen molar-refractivity contribution < 1.29 is 42.6 Å². The summed E-state index contributed by atoms with van der Waals surface area (Å²) in [6.45, 7) is 2.51. The van der Waals surface area contributed by atoms with Crippen LogP contribution < -0.4 is 29.0 Å². The molecule has 2 aromatic carbocycles. The van der Waals surface area contributed by atoms with Crippen molar-refractivity contribution in [1.82, 2.24) is 5.06 Å². The molecule has 11 nitrogen and oxygen atoms in total. The Morgan fingerprint density at radius 2 is 1.52 bits per heavy atom. The van der Waals surface area contributed by atoms with Gasteiger partial charge in [-0.1, -0.05) is 13.3 Å². The molecule has 2 N–H and O–H groups in total. The van der Waals surface area contributed by atoms with Gasteiger partial charge in [0, 0.05) is 0 Å². The first-order valence-electron chi connectivity index (χ1n) is 13.1. The Kier molecular flexibility index (Phi) is 12.3. The number of nitrogens with one attached hydrogen (secondary N) is 1. The maximum Gasteiger partial charge on any atom is 0.345 e. The number of amides is 2. The van der Waals surface area contributed by atoms with Gasteiger partial charge in [-0.3, -0.25) is 5.21 Å². The Labute approximate surface area is 240 Å². The van der Waals surface area contributed by atoms with E-state index >= 15 is 0 Å². The fraction of sp³-hybridized carbons (Fsp3) is 0.536. The highest BCUT2D eigenvalue weighted by atomic mass is 32.2. The predicted molar refractivity (Wildman–Crippen MR) is 152 cm³/mol. The van der Waals surface area contributed by atoms with Crippen LogP contribution in [-0.4, -0.2) is 70.8 Å². The molecule has 1 aliphatic heterocycles. The molecule has 12 heteroatoms. The van der Waals surface area contributed by atoms with E-state index in [2.05, 4.69) is 5.32 Å². The van der Waals surface area contributed by atoms with Crippen molar-refractivity contribution in [2.24, 2.45) is 0 Å². The number of rotatable bonds is 15. The largest absolute Gasteiger partial charge is 0.493 e. The molecule has 2 amide bonds. The van der Waals surface area contributed by atoms with E-state index in [9.17, 15) is 10.0 Å². The van der Waals surface area contributed by atoms with Gasteiger partial charge in [-0.25, -0.2) is 9.86 Å². The molecule has 0 bridgehead atoms. The summed E-state index contributed by atoms with van der Waals surface area (Å²) in [5.41, 5.74) is 2.08. The van der Waals surface area contributed by atoms with Gasteiger partial charge in [0.25, 0.3) is 0 Å². The predicted octanol–water partition coefficient (Wildman–Crippen LogP) is 6.01. The van der Waals surface area contributed by atoms with E-state index in [4.69, 9.17) is 32.6 Å². The molecular formula is C28H40N2O9S. The van der Waals surface area contributed by atoms with E-state index in [1.54, 1.807) is 34.5 Å². The van der Waals surface area contributed by atoms with Crippen molar-refractivity contribution in [3.63, 3.8) is 0 Å². The van der Waals surface area contributed by atoms with Crippen LogP contribution in [0, 0.1) is 0 Å². The first-order valence-corrected chi connectivity index (χ1v) is 14.0. The minimum atomic E-state index is -0.661. The number of unbranched alkanes of at least 4 members (excludes halogenated alkanes) is 1. The van der Waals surface area contributed by atoms with Crippen LogP contribution in [0.4, 0.5) is 10.5 Å². The summed E-state index contributed by atoms with van der Waals surface area (Å²) in [6.07, 6.45) is 2.49. The Hall–Kier alpha value is -3.06. The Bertz CT molecular complexity index is 1090. The van der Waals surface area contributed by atoms with Crippen molar-refractivity contribution in [3.8, 4) is 28.7 Å². The fourth-order valence-electron chi connectivity index (χ4n) is 4.47. The van der Waals surface area contributed by atoms with E-state index in [0.717, 1.165) is 30.4 Å². The summed E-state index contributed by atoms with van der Waals surface area (Å²) >= 11 is 1.26. The van der Waals surface area contributed by atoms with Gasteiger partial charge in [0.2, 0.25) is 5.75 Å². The lowest BCUT2D eigenvalue weighted by molar-refractivity contribution is -0.0379. The molecule has 2 unspecified atom stereocenters. The minimum absolute atomic E-state index is 0.210. The first kappa shape index (κ1) is 31.5. The number of ether oxygens (including phenoxy) is 6. The first-order chi connectivity index (χ1) is 19.4. The van der Waals surface area contributed by atoms with Crippen molar-refractivity contribution in [2.45, 2.75) is 44.8 Å². The maximum atomic E-state index is 12.8. The summed E-state index contributed by atoms with van der Waals surface area (Å²) < 4.78 is 39.6. The average molecular weight is 581 g/mol. The molecule has 222 valence electrons. The average Bonchev–Trinajstić information content (AvgIpc) is 3.48. The summed E-state index contributed by atoms with van der Waals surface area (Å²) in [5.74, 6) is 3.00. The molecule has 2 atom stereocenters. The zero-order chi connectivity index (χ0) is 29.1. The van der Waals surface area contributed by atoms with Crippen molar-refractivity contribution in [2.75, 3.05) is 59.8 Å². The summed E-state index contributed by atoms with van der Waals surface area (Å²) in [4.78, 5) is 12.8. The third-order valence-corrected chi connectivity index (χ3v) is 7.05. The number of urea groups is 1. The third-order valence-electron chi connectivity index (χ3n) is 6.48. The van der Waals surface area contributed by atoms with E-state index < -0.39 is 6.03 Å². The number of methoxy groups -OCH3 is 4. The second-order valence-electron chi connectivity index (χ2n) is 8.99. The highest BCUT2D eigenvalue weighted by molar-refractivity contribution is 7.94. The van der Waals surface area contributed by atoms with Crippen LogP contribution >= 0.6 is 12.0 Å². The van der Waals surface area contributed by atoms with E-state index in [1.165, 1.54) is 19.2 Å². The second kappa shape index (κ2) is 15.7. The molecule has 0 saturated carbocycles. The smallest absolute Gasteiger partial charge is 0.345 e. The molecule has 2 aromatic rings. The molecule has 1 aliphatic rings. The zero-order valence-electron chi connectivity index (χ0n) is 24.0. The number of hydrogen-bond donors (Lipinski definition) is 2. The highest BCUT2D eigenvalue weighted by Crippen LogP contribution is 2.48. The molecule has 0 aromatic heterocycles. The van der Waals surface area contributed by atoms with Crippen LogP contribution in [-0.2, 0) is 8.92 Å². The van der Waals surface area contributed by atoms with Gasteiger partial charge in [-0.15, -0.1) is 0 Å². The second-order valence-corrected chi connectivity index (χ2v) is 9.97. The van der Waals surface area contributed by atoms with Crippen LogP contribution in [0.3, 0.4) is 0 Å². The van der Waals surface area contributed by atoms with E-state index in [1.807, 2.05) is 25.1 Å². The third kappa shape index (κ3) is 7.78. The lowest BCUT2D eigenvalue weighted by Gasteiger charge is -2.22. The number of carbonyl (C=O) groups excluding carboxylic acids is 1. The Morgan fingerprint density at radius 3 is 2.05 bits per heavy atom. The van der Waals surface area contributed by atoms with Crippen LogP contribution in [0.1, 0.15) is 55.9 Å². The standard InChI is InChI=1S/C28H40N2O9S/c1-7-8-11-30(32)28(31)29-20-14-18(15-23(33-2)26(20)38-12-13-40-37-6)21-9-10-22(39-21)19-16-24(34-3)27(36-5)25(17-19)35-4/h14-17,21-22,32H,7-13H2,1-6H3,(H,29,31). The van der Waals surface area contributed by atoms with Gasteiger partial charge in [0.15, 0.2) is 23.0 Å². The van der Waals surface area contributed by atoms with Crippen LogP contribution in [0.2, 0.25) is 0 Å². The molecule has 40 heavy (non-hydrogen) atoms. The fourth-order valence-corrected chi connectivity index (χ4v) is 4.79. The van der Waals surface area contributed by atoms with Gasteiger partial charge >= 0.3 is 6.03 Å². The summed E-state index contributed by atoms with van der Waals surface area (Å²) in [6, 6.07) is 6.77. The van der Waals surface area contributed by atoms with E-state index in [-0.39, 0.29) is 18.8 Å². The number of hydroxylamine groups is 2. The van der Waals surface area contributed by atoms with Crippen LogP contribution in [0.15, 0.2) is 24.3 Å². The number of anilines is 1. The molecule has 1 saturated heterocycles. The molecule has 0 radical (unpaired) electrons. The summed E-state index contributed by atoms with van der Waals surface area (Å²) in [5, 5.41) is 13.7. The topological polar surface area (TPSA) is 117 Å². The monoisotopic (exact) mass is 580 g/mol. The Morgan fingerprint density at radius 1 is 0.950 bits per heavy atom. The molecule has 3 rings (SSSR count). The quantitative estimate of drug-likeness (QED) is 0.112. The molecule has 0 aliphatic carbocycles. The maximum absolute atomic E-state index is 12.8. The zero-order valence-corrected chi connectivity index (χ0v) is 24.8. The molecule has 1 fully saturated rings. The summed E-state index contributed by atoms with van der Waals surface area (Å²) in [7, 11) is 7.85. The van der Waals surface area contributed by atoms with Gasteiger partial charge in [0.05, 0.1) is 72.3 Å². The van der Waals surface area contributed by atoms with Crippen LogP contribution in [0.5, 0.6) is 28.7 Å². The number of benzene rings is 2.